The lowest BCUT2D eigenvalue weighted by Gasteiger charge is -2.23. The highest BCUT2D eigenvalue weighted by Gasteiger charge is 2.21. The monoisotopic (exact) mass is 297 g/mol. The van der Waals surface area contributed by atoms with Gasteiger partial charge in [0.2, 0.25) is 0 Å². The van der Waals surface area contributed by atoms with Crippen molar-refractivity contribution in [1.29, 1.82) is 0 Å². The van der Waals surface area contributed by atoms with Gasteiger partial charge in [-0.05, 0) is 44.9 Å². The molecule has 0 saturated heterocycles. The first-order chi connectivity index (χ1) is 9.65. The molecular formula is C15H20FNO4. The number of aliphatic carboxylic acids is 1. The molecule has 0 radical (unpaired) electrons. The van der Waals surface area contributed by atoms with E-state index in [2.05, 4.69) is 5.32 Å². The molecule has 0 unspecified atom stereocenters. The van der Waals surface area contributed by atoms with Gasteiger partial charge in [0.15, 0.2) is 0 Å². The molecule has 0 fully saturated rings. The number of hydrogen-bond acceptors (Lipinski definition) is 3. The van der Waals surface area contributed by atoms with Crippen LogP contribution in [0.2, 0.25) is 0 Å². The van der Waals surface area contributed by atoms with Crippen molar-refractivity contribution >= 4 is 12.1 Å². The second-order valence-electron chi connectivity index (χ2n) is 5.77. The zero-order valence-electron chi connectivity index (χ0n) is 12.4. The third-order valence-electron chi connectivity index (χ3n) is 2.54. The van der Waals surface area contributed by atoms with E-state index in [9.17, 15) is 14.0 Å². The van der Waals surface area contributed by atoms with Crippen LogP contribution in [0.5, 0.6) is 0 Å². The van der Waals surface area contributed by atoms with Gasteiger partial charge in [-0.15, -0.1) is 0 Å². The number of hydrogen-bond donors (Lipinski definition) is 2. The fourth-order valence-corrected chi connectivity index (χ4v) is 1.76. The van der Waals surface area contributed by atoms with Crippen molar-refractivity contribution in [2.24, 2.45) is 0 Å². The minimum atomic E-state index is -1.03. The predicted molar refractivity (Wildman–Crippen MR) is 75.5 cm³/mol. The lowest BCUT2D eigenvalue weighted by molar-refractivity contribution is -0.137. The maximum Gasteiger partial charge on any atom is 0.407 e. The average Bonchev–Trinajstić information content (AvgIpc) is 2.28. The summed E-state index contributed by atoms with van der Waals surface area (Å²) in [4.78, 5) is 22.6. The van der Waals surface area contributed by atoms with Gasteiger partial charge in [-0.25, -0.2) is 9.18 Å². The lowest BCUT2D eigenvalue weighted by Crippen LogP contribution is -2.41. The highest BCUT2D eigenvalue weighted by Crippen LogP contribution is 2.10. The summed E-state index contributed by atoms with van der Waals surface area (Å²) in [7, 11) is 0. The molecule has 1 atom stereocenters. The van der Waals surface area contributed by atoms with Crippen LogP contribution in [0.1, 0.15) is 32.8 Å². The molecule has 0 saturated carbocycles. The Hall–Kier alpha value is -2.11. The maximum absolute atomic E-state index is 12.8. The van der Waals surface area contributed by atoms with E-state index in [0.717, 1.165) is 5.56 Å². The number of alkyl carbamates (subject to hydrolysis) is 1. The summed E-state index contributed by atoms with van der Waals surface area (Å²) >= 11 is 0. The first kappa shape index (κ1) is 16.9. The molecule has 0 bridgehead atoms. The Balaban J connectivity index is 2.69. The number of halogens is 1. The summed E-state index contributed by atoms with van der Waals surface area (Å²) in [5.74, 6) is -1.40. The fraction of sp³-hybridized carbons (Fsp3) is 0.467. The average molecular weight is 297 g/mol. The van der Waals surface area contributed by atoms with Gasteiger partial charge >= 0.3 is 12.1 Å². The highest BCUT2D eigenvalue weighted by molar-refractivity contribution is 5.71. The quantitative estimate of drug-likeness (QED) is 0.876. The van der Waals surface area contributed by atoms with Crippen molar-refractivity contribution in [2.75, 3.05) is 0 Å². The summed E-state index contributed by atoms with van der Waals surface area (Å²) in [6.07, 6.45) is -0.626. The molecule has 1 rings (SSSR count). The van der Waals surface area contributed by atoms with E-state index in [1.807, 2.05) is 0 Å². The van der Waals surface area contributed by atoms with Crippen LogP contribution in [0.25, 0.3) is 0 Å². The molecule has 1 aromatic rings. The van der Waals surface area contributed by atoms with Crippen LogP contribution in [0, 0.1) is 5.82 Å². The SMILES string of the molecule is CC(C)(C)OC(=O)N[C@@H](CC(=O)O)Cc1ccc(F)cc1. The second kappa shape index (κ2) is 7.06. The number of ether oxygens (including phenoxy) is 1. The highest BCUT2D eigenvalue weighted by atomic mass is 19.1. The molecule has 0 aliphatic rings. The number of benzene rings is 1. The van der Waals surface area contributed by atoms with Gasteiger partial charge in [0.05, 0.1) is 6.42 Å². The standard InChI is InChI=1S/C15H20FNO4/c1-15(2,3)21-14(20)17-12(9-13(18)19)8-10-4-6-11(16)7-5-10/h4-7,12H,8-9H2,1-3H3,(H,17,20)(H,18,19)/t12-/m1/s1. The largest absolute Gasteiger partial charge is 0.481 e. The molecule has 5 nitrogen and oxygen atoms in total. The van der Waals surface area contributed by atoms with E-state index < -0.39 is 23.7 Å². The number of amides is 1. The fourth-order valence-electron chi connectivity index (χ4n) is 1.76. The van der Waals surface area contributed by atoms with E-state index in [4.69, 9.17) is 9.84 Å². The summed E-state index contributed by atoms with van der Waals surface area (Å²) in [5.41, 5.74) is 0.0759. The second-order valence-corrected chi connectivity index (χ2v) is 5.77. The number of carbonyl (C=O) groups is 2. The van der Waals surface area contributed by atoms with Crippen LogP contribution in [0.3, 0.4) is 0 Å². The van der Waals surface area contributed by atoms with E-state index in [1.54, 1.807) is 32.9 Å². The molecule has 0 aromatic heterocycles. The Morgan fingerprint density at radius 3 is 2.33 bits per heavy atom. The first-order valence-electron chi connectivity index (χ1n) is 6.61. The smallest absolute Gasteiger partial charge is 0.407 e. The third kappa shape index (κ3) is 7.29. The van der Waals surface area contributed by atoms with Gasteiger partial charge in [-0.2, -0.15) is 0 Å². The molecule has 21 heavy (non-hydrogen) atoms. The minimum absolute atomic E-state index is 0.239. The molecule has 1 amide bonds. The van der Waals surface area contributed by atoms with Crippen molar-refractivity contribution in [3.8, 4) is 0 Å². The maximum atomic E-state index is 12.8. The van der Waals surface area contributed by atoms with Gasteiger partial charge < -0.3 is 15.2 Å². The summed E-state index contributed by atoms with van der Waals surface area (Å²) < 4.78 is 17.9. The molecular weight excluding hydrogens is 277 g/mol. The number of carbonyl (C=O) groups excluding carboxylic acids is 1. The van der Waals surface area contributed by atoms with E-state index in [0.29, 0.717) is 0 Å². The van der Waals surface area contributed by atoms with Gasteiger partial charge in [0, 0.05) is 6.04 Å². The lowest BCUT2D eigenvalue weighted by atomic mass is 10.0. The molecule has 0 heterocycles. The molecule has 0 aliphatic heterocycles. The molecule has 6 heteroatoms. The first-order valence-corrected chi connectivity index (χ1v) is 6.61. The van der Waals surface area contributed by atoms with Crippen LogP contribution < -0.4 is 5.32 Å². The molecule has 0 spiro atoms. The van der Waals surface area contributed by atoms with Crippen LogP contribution >= 0.6 is 0 Å². The van der Waals surface area contributed by atoms with E-state index in [-0.39, 0.29) is 18.7 Å². The topological polar surface area (TPSA) is 75.6 Å². The van der Waals surface area contributed by atoms with Crippen molar-refractivity contribution in [3.63, 3.8) is 0 Å². The number of rotatable bonds is 5. The van der Waals surface area contributed by atoms with E-state index >= 15 is 0 Å². The molecule has 0 aliphatic carbocycles. The summed E-state index contributed by atoms with van der Waals surface area (Å²) in [6, 6.07) is 5.08. The zero-order chi connectivity index (χ0) is 16.0. The molecule has 2 N–H and O–H groups in total. The summed E-state index contributed by atoms with van der Waals surface area (Å²) in [5, 5.41) is 11.4. The molecule has 1 aromatic carbocycles. The Kier molecular flexibility index (Phi) is 5.69. The van der Waals surface area contributed by atoms with Gasteiger partial charge in [0.25, 0.3) is 0 Å². The predicted octanol–water partition coefficient (Wildman–Crippen LogP) is 2.74. The minimum Gasteiger partial charge on any atom is -0.481 e. The van der Waals surface area contributed by atoms with Crippen LogP contribution in [-0.4, -0.2) is 28.8 Å². The van der Waals surface area contributed by atoms with Crippen LogP contribution in [0.15, 0.2) is 24.3 Å². The van der Waals surface area contributed by atoms with Gasteiger partial charge in [-0.1, -0.05) is 12.1 Å². The number of carboxylic acid groups (broad SMARTS) is 1. The van der Waals surface area contributed by atoms with Crippen molar-refractivity contribution in [3.05, 3.63) is 35.6 Å². The number of nitrogens with one attached hydrogen (secondary N) is 1. The number of carboxylic acids is 1. The Morgan fingerprint density at radius 1 is 1.29 bits per heavy atom. The zero-order valence-corrected chi connectivity index (χ0v) is 12.4. The third-order valence-corrected chi connectivity index (χ3v) is 2.54. The van der Waals surface area contributed by atoms with Crippen molar-refractivity contribution in [2.45, 2.75) is 45.3 Å². The Bertz CT molecular complexity index is 493. The van der Waals surface area contributed by atoms with Crippen LogP contribution in [-0.2, 0) is 16.0 Å². The summed E-state index contributed by atoms with van der Waals surface area (Å²) in [6.45, 7) is 5.16. The van der Waals surface area contributed by atoms with Gasteiger partial charge in [0.1, 0.15) is 11.4 Å². The van der Waals surface area contributed by atoms with Crippen LogP contribution in [0.4, 0.5) is 9.18 Å². The van der Waals surface area contributed by atoms with Crippen molar-refractivity contribution < 1.29 is 23.8 Å². The Labute approximate surface area is 123 Å². The van der Waals surface area contributed by atoms with E-state index in [1.165, 1.54) is 12.1 Å². The molecule has 116 valence electrons. The van der Waals surface area contributed by atoms with Gasteiger partial charge in [-0.3, -0.25) is 4.79 Å². The Morgan fingerprint density at radius 2 is 1.86 bits per heavy atom. The van der Waals surface area contributed by atoms with Crippen molar-refractivity contribution in [1.82, 2.24) is 5.32 Å². The normalized spacial score (nSPS) is 12.6.